The topological polar surface area (TPSA) is 100 Å². The Bertz CT molecular complexity index is 731. The summed E-state index contributed by atoms with van der Waals surface area (Å²) in [4.78, 5) is 26.0. The summed E-state index contributed by atoms with van der Waals surface area (Å²) < 4.78 is 5.12. The Morgan fingerprint density at radius 1 is 1.19 bits per heavy atom. The van der Waals surface area contributed by atoms with Crippen LogP contribution in [0, 0.1) is 0 Å². The maximum Gasteiger partial charge on any atom is 0.229 e. The smallest absolute Gasteiger partial charge is 0.229 e. The van der Waals surface area contributed by atoms with E-state index in [1.165, 1.54) is 6.33 Å². The summed E-state index contributed by atoms with van der Waals surface area (Å²) in [5.41, 5.74) is 0. The molecule has 3 atom stereocenters. The van der Waals surface area contributed by atoms with E-state index in [9.17, 15) is 5.11 Å². The number of aliphatic hydroxyl groups excluding tert-OH is 1. The van der Waals surface area contributed by atoms with Crippen molar-refractivity contribution < 1.29 is 9.84 Å². The van der Waals surface area contributed by atoms with Crippen LogP contribution >= 0.6 is 0 Å². The zero-order chi connectivity index (χ0) is 18.7. The first-order valence-electron chi connectivity index (χ1n) is 8.70. The van der Waals surface area contributed by atoms with Crippen molar-refractivity contribution in [2.24, 2.45) is 0 Å². The van der Waals surface area contributed by atoms with E-state index in [0.29, 0.717) is 24.2 Å². The van der Waals surface area contributed by atoms with Crippen molar-refractivity contribution in [2.45, 2.75) is 45.6 Å². The van der Waals surface area contributed by atoms with Crippen LogP contribution in [0.5, 0.6) is 0 Å². The van der Waals surface area contributed by atoms with Gasteiger partial charge in [0, 0.05) is 38.5 Å². The summed E-state index contributed by atoms with van der Waals surface area (Å²) in [5, 5.41) is 9.73. The number of hydrogen-bond acceptors (Lipinski definition) is 9. The number of methoxy groups -OCH3 is 1. The Hall–Kier alpha value is -2.39. The van der Waals surface area contributed by atoms with Gasteiger partial charge in [-0.15, -0.1) is 0 Å². The molecule has 0 radical (unpaired) electrons. The van der Waals surface area contributed by atoms with Crippen LogP contribution in [0.1, 0.15) is 38.5 Å². The summed E-state index contributed by atoms with van der Waals surface area (Å²) in [6.45, 7) is 7.85. The van der Waals surface area contributed by atoms with Crippen LogP contribution in [0.2, 0.25) is 0 Å². The number of aliphatic hydroxyl groups is 1. The molecule has 9 heteroatoms. The highest BCUT2D eigenvalue weighted by Crippen LogP contribution is 2.24. The summed E-state index contributed by atoms with van der Waals surface area (Å²) in [5.74, 6) is 2.55. The van der Waals surface area contributed by atoms with E-state index >= 15 is 0 Å². The normalized spacial score (nSPS) is 21.7. The second kappa shape index (κ2) is 7.88. The second-order valence-electron chi connectivity index (χ2n) is 6.59. The first kappa shape index (κ1) is 18.4. The van der Waals surface area contributed by atoms with Gasteiger partial charge in [0.05, 0.1) is 0 Å². The largest absolute Gasteiger partial charge is 0.385 e. The van der Waals surface area contributed by atoms with Gasteiger partial charge in [0.1, 0.15) is 24.9 Å². The van der Waals surface area contributed by atoms with Crippen LogP contribution in [0.15, 0.2) is 18.6 Å². The Kier molecular flexibility index (Phi) is 5.58. The fourth-order valence-electron chi connectivity index (χ4n) is 3.29. The molecule has 140 valence electrons. The van der Waals surface area contributed by atoms with Crippen LogP contribution in [-0.2, 0) is 11.3 Å². The molecule has 26 heavy (non-hydrogen) atoms. The standard InChI is InChI=1S/C17H25N7O2/c1-11-7-23(15-5-6-18-16(22-15)13(3)25)8-12(2)24(11)17-20-10-19-14(21-17)9-26-4/h5-6,10-13,25H,7-9H2,1-4H3/t11-,12+,13-/m1/s1. The highest BCUT2D eigenvalue weighted by Gasteiger charge is 2.32. The van der Waals surface area contributed by atoms with Crippen LogP contribution in [-0.4, -0.2) is 62.3 Å². The average molecular weight is 359 g/mol. The lowest BCUT2D eigenvalue weighted by atomic mass is 10.1. The molecular weight excluding hydrogens is 334 g/mol. The van der Waals surface area contributed by atoms with E-state index in [2.05, 4.69) is 48.6 Å². The number of piperazine rings is 1. The third-order valence-electron chi connectivity index (χ3n) is 4.39. The minimum absolute atomic E-state index is 0.182. The maximum absolute atomic E-state index is 9.73. The third-order valence-corrected chi connectivity index (χ3v) is 4.39. The van der Waals surface area contributed by atoms with Crippen molar-refractivity contribution >= 4 is 11.8 Å². The van der Waals surface area contributed by atoms with Gasteiger partial charge in [0.25, 0.3) is 0 Å². The Labute approximate surface area is 153 Å². The molecule has 2 aromatic rings. The lowest BCUT2D eigenvalue weighted by molar-refractivity contribution is 0.177. The molecule has 0 saturated carbocycles. The predicted octanol–water partition coefficient (Wildman–Crippen LogP) is 0.965. The van der Waals surface area contributed by atoms with Gasteiger partial charge in [0.15, 0.2) is 11.6 Å². The molecule has 0 unspecified atom stereocenters. The number of aromatic nitrogens is 5. The molecule has 3 rings (SSSR count). The number of nitrogens with zero attached hydrogens (tertiary/aromatic N) is 7. The Balaban J connectivity index is 1.79. The van der Waals surface area contributed by atoms with Gasteiger partial charge in [0.2, 0.25) is 5.95 Å². The molecule has 1 fully saturated rings. The average Bonchev–Trinajstić information content (AvgIpc) is 2.62. The minimum atomic E-state index is -0.685. The predicted molar refractivity (Wildman–Crippen MR) is 96.8 cm³/mol. The first-order valence-corrected chi connectivity index (χ1v) is 8.70. The number of hydrogen-bond donors (Lipinski definition) is 1. The van der Waals surface area contributed by atoms with Gasteiger partial charge >= 0.3 is 0 Å². The second-order valence-corrected chi connectivity index (χ2v) is 6.59. The van der Waals surface area contributed by atoms with E-state index in [1.807, 2.05) is 6.07 Å². The van der Waals surface area contributed by atoms with Crippen molar-refractivity contribution in [3.8, 4) is 0 Å². The lowest BCUT2D eigenvalue weighted by Crippen LogP contribution is -2.58. The van der Waals surface area contributed by atoms with E-state index in [0.717, 1.165) is 18.9 Å². The minimum Gasteiger partial charge on any atom is -0.385 e. The molecule has 0 spiro atoms. The van der Waals surface area contributed by atoms with Gasteiger partial charge in [-0.05, 0) is 26.8 Å². The molecule has 3 heterocycles. The molecule has 0 amide bonds. The molecular formula is C17H25N7O2. The Morgan fingerprint density at radius 3 is 2.58 bits per heavy atom. The zero-order valence-corrected chi connectivity index (χ0v) is 15.6. The van der Waals surface area contributed by atoms with Crippen molar-refractivity contribution in [2.75, 3.05) is 30.0 Å². The van der Waals surface area contributed by atoms with Crippen molar-refractivity contribution in [1.29, 1.82) is 0 Å². The third kappa shape index (κ3) is 3.88. The van der Waals surface area contributed by atoms with Gasteiger partial charge in [-0.1, -0.05) is 0 Å². The Morgan fingerprint density at radius 2 is 1.92 bits per heavy atom. The number of anilines is 2. The van der Waals surface area contributed by atoms with Crippen molar-refractivity contribution in [3.63, 3.8) is 0 Å². The fourth-order valence-corrected chi connectivity index (χ4v) is 3.29. The monoisotopic (exact) mass is 359 g/mol. The first-order chi connectivity index (χ1) is 12.5. The van der Waals surface area contributed by atoms with E-state index in [-0.39, 0.29) is 12.1 Å². The maximum atomic E-state index is 9.73. The molecule has 0 bridgehead atoms. The zero-order valence-electron chi connectivity index (χ0n) is 15.6. The van der Waals surface area contributed by atoms with Gasteiger partial charge in [-0.3, -0.25) is 0 Å². The van der Waals surface area contributed by atoms with E-state index in [4.69, 9.17) is 4.74 Å². The molecule has 2 aromatic heterocycles. The molecule has 1 saturated heterocycles. The van der Waals surface area contributed by atoms with Gasteiger partial charge < -0.3 is 19.6 Å². The van der Waals surface area contributed by atoms with Crippen LogP contribution in [0.3, 0.4) is 0 Å². The van der Waals surface area contributed by atoms with E-state index in [1.54, 1.807) is 20.2 Å². The molecule has 1 aliphatic heterocycles. The number of rotatable bonds is 5. The molecule has 1 N–H and O–H groups in total. The molecule has 0 aromatic carbocycles. The van der Waals surface area contributed by atoms with Gasteiger partial charge in [-0.25, -0.2) is 19.9 Å². The SMILES string of the molecule is COCc1ncnc(N2[C@H](C)CN(c3ccnc([C@@H](C)O)n3)C[C@@H]2C)n1. The van der Waals surface area contributed by atoms with Crippen LogP contribution < -0.4 is 9.80 Å². The van der Waals surface area contributed by atoms with Crippen LogP contribution in [0.4, 0.5) is 11.8 Å². The number of ether oxygens (including phenoxy) is 1. The molecule has 1 aliphatic rings. The summed E-state index contributed by atoms with van der Waals surface area (Å²) >= 11 is 0. The highest BCUT2D eigenvalue weighted by molar-refractivity contribution is 5.44. The van der Waals surface area contributed by atoms with Crippen molar-refractivity contribution in [1.82, 2.24) is 24.9 Å². The summed E-state index contributed by atoms with van der Waals surface area (Å²) in [6, 6.07) is 2.24. The van der Waals surface area contributed by atoms with E-state index < -0.39 is 6.10 Å². The van der Waals surface area contributed by atoms with Gasteiger partial charge in [-0.2, -0.15) is 4.98 Å². The van der Waals surface area contributed by atoms with Crippen LogP contribution in [0.25, 0.3) is 0 Å². The van der Waals surface area contributed by atoms with Crippen molar-refractivity contribution in [3.05, 3.63) is 30.2 Å². The summed E-state index contributed by atoms with van der Waals surface area (Å²) in [7, 11) is 1.62. The molecule has 9 nitrogen and oxygen atoms in total. The lowest BCUT2D eigenvalue weighted by Gasteiger charge is -2.44. The highest BCUT2D eigenvalue weighted by atomic mass is 16.5. The summed E-state index contributed by atoms with van der Waals surface area (Å²) in [6.07, 6.45) is 2.53. The quantitative estimate of drug-likeness (QED) is 0.836. The fraction of sp³-hybridized carbons (Fsp3) is 0.588. The molecule has 0 aliphatic carbocycles.